The van der Waals surface area contributed by atoms with Crippen molar-refractivity contribution in [2.75, 3.05) is 13.2 Å². The van der Waals surface area contributed by atoms with E-state index in [9.17, 15) is 8.42 Å². The second-order valence-corrected chi connectivity index (χ2v) is 7.07. The van der Waals surface area contributed by atoms with Crippen molar-refractivity contribution >= 4 is 30.6 Å². The van der Waals surface area contributed by atoms with E-state index in [0.29, 0.717) is 30.8 Å². The van der Waals surface area contributed by atoms with Crippen molar-refractivity contribution in [1.82, 2.24) is 4.57 Å². The fourth-order valence-corrected chi connectivity index (χ4v) is 3.95. The molecule has 0 N–H and O–H groups in total. The fraction of sp³-hybridized carbons (Fsp3) is 0.429. The lowest BCUT2D eigenvalue weighted by molar-refractivity contribution is 0.142. The molecule has 0 amide bonds. The second-order valence-electron chi connectivity index (χ2n) is 4.57. The van der Waals surface area contributed by atoms with Crippen LogP contribution < -0.4 is 0 Å². The van der Waals surface area contributed by atoms with Gasteiger partial charge in [0.15, 0.2) is 0 Å². The van der Waals surface area contributed by atoms with E-state index < -0.39 is 9.05 Å². The van der Waals surface area contributed by atoms with Crippen LogP contribution in [0.1, 0.15) is 19.0 Å². The van der Waals surface area contributed by atoms with Gasteiger partial charge in [0.25, 0.3) is 9.05 Å². The van der Waals surface area contributed by atoms with Gasteiger partial charge in [0, 0.05) is 47.0 Å². The number of para-hydroxylation sites is 1. The van der Waals surface area contributed by atoms with Crippen LogP contribution in [0.3, 0.4) is 0 Å². The van der Waals surface area contributed by atoms with Gasteiger partial charge in [-0.05, 0) is 26.3 Å². The molecule has 1 aromatic carbocycles. The van der Waals surface area contributed by atoms with Crippen molar-refractivity contribution in [3.05, 3.63) is 30.0 Å². The largest absolute Gasteiger partial charge is 0.382 e. The number of benzene rings is 1. The summed E-state index contributed by atoms with van der Waals surface area (Å²) in [7, 11) is 1.82. The van der Waals surface area contributed by atoms with Gasteiger partial charge in [-0.2, -0.15) is 0 Å². The zero-order chi connectivity index (χ0) is 14.8. The first-order valence-corrected chi connectivity index (χ1v) is 8.88. The Morgan fingerprint density at radius 1 is 1.30 bits per heavy atom. The molecule has 0 radical (unpaired) electrons. The summed E-state index contributed by atoms with van der Waals surface area (Å²) in [5.41, 5.74) is 1.57. The first-order valence-electron chi connectivity index (χ1n) is 6.57. The number of nitrogens with zero attached hydrogens (tertiary/aromatic N) is 1. The van der Waals surface area contributed by atoms with Crippen molar-refractivity contribution in [2.24, 2.45) is 0 Å². The summed E-state index contributed by atoms with van der Waals surface area (Å²) in [5.74, 6) is 0. The third-order valence-corrected chi connectivity index (χ3v) is 4.76. The molecular formula is C14H18ClNO3S. The highest BCUT2D eigenvalue weighted by Gasteiger charge is 2.22. The molecule has 0 unspecified atom stereocenters. The van der Waals surface area contributed by atoms with E-state index in [4.69, 9.17) is 15.4 Å². The summed E-state index contributed by atoms with van der Waals surface area (Å²) in [5, 5.41) is 0.677. The molecule has 0 aliphatic rings. The molecule has 2 rings (SSSR count). The summed E-state index contributed by atoms with van der Waals surface area (Å²) in [4.78, 5) is 0.214. The highest BCUT2D eigenvalue weighted by molar-refractivity contribution is 8.14. The molecule has 1 heterocycles. The Morgan fingerprint density at radius 2 is 2.00 bits per heavy atom. The van der Waals surface area contributed by atoms with Crippen molar-refractivity contribution in [2.45, 2.75) is 31.7 Å². The Hall–Kier alpha value is -1.04. The number of aryl methyl sites for hydroxylation is 1. The van der Waals surface area contributed by atoms with Gasteiger partial charge in [-0.1, -0.05) is 18.2 Å². The van der Waals surface area contributed by atoms with Gasteiger partial charge in [-0.3, -0.25) is 0 Å². The first-order chi connectivity index (χ1) is 9.46. The molecule has 6 heteroatoms. The van der Waals surface area contributed by atoms with Crippen molar-refractivity contribution in [3.63, 3.8) is 0 Å². The molecule has 0 fully saturated rings. The molecule has 0 atom stereocenters. The van der Waals surface area contributed by atoms with Crippen LogP contribution in [0.4, 0.5) is 0 Å². The number of fused-ring (bicyclic) bond motifs is 1. The topological polar surface area (TPSA) is 48.3 Å². The number of rotatable bonds is 6. The van der Waals surface area contributed by atoms with Crippen LogP contribution in [0, 0.1) is 6.92 Å². The Labute approximate surface area is 123 Å². The maximum Gasteiger partial charge on any atom is 0.263 e. The van der Waals surface area contributed by atoms with Crippen molar-refractivity contribution < 1.29 is 13.2 Å². The number of ether oxygens (including phenoxy) is 1. The van der Waals surface area contributed by atoms with Gasteiger partial charge in [-0.15, -0.1) is 0 Å². The molecule has 4 nitrogen and oxygen atoms in total. The summed E-state index contributed by atoms with van der Waals surface area (Å²) in [6, 6.07) is 7.41. The molecule has 20 heavy (non-hydrogen) atoms. The maximum absolute atomic E-state index is 11.8. The van der Waals surface area contributed by atoms with E-state index in [0.717, 1.165) is 11.9 Å². The lowest BCUT2D eigenvalue weighted by Gasteiger charge is -2.08. The van der Waals surface area contributed by atoms with Crippen LogP contribution >= 0.6 is 10.7 Å². The predicted octanol–water partition coefficient (Wildman–Crippen LogP) is 3.30. The summed E-state index contributed by atoms with van der Waals surface area (Å²) >= 11 is 0. The summed E-state index contributed by atoms with van der Waals surface area (Å²) in [6.45, 7) is 5.79. The monoisotopic (exact) mass is 315 g/mol. The van der Waals surface area contributed by atoms with Crippen molar-refractivity contribution in [3.8, 4) is 0 Å². The van der Waals surface area contributed by atoms with Gasteiger partial charge in [0.05, 0.1) is 0 Å². The van der Waals surface area contributed by atoms with E-state index >= 15 is 0 Å². The molecule has 0 aliphatic heterocycles. The first kappa shape index (κ1) is 15.4. The van der Waals surface area contributed by atoms with Crippen LogP contribution in [0.25, 0.3) is 10.9 Å². The Morgan fingerprint density at radius 3 is 2.65 bits per heavy atom. The van der Waals surface area contributed by atoms with Crippen LogP contribution in [0.2, 0.25) is 0 Å². The number of hydrogen-bond donors (Lipinski definition) is 0. The minimum absolute atomic E-state index is 0.214. The van der Waals surface area contributed by atoms with E-state index in [2.05, 4.69) is 0 Å². The number of hydrogen-bond acceptors (Lipinski definition) is 3. The van der Waals surface area contributed by atoms with Crippen LogP contribution in [-0.4, -0.2) is 26.2 Å². The third kappa shape index (κ3) is 3.00. The quantitative estimate of drug-likeness (QED) is 0.607. The zero-order valence-corrected chi connectivity index (χ0v) is 13.2. The molecule has 110 valence electrons. The summed E-state index contributed by atoms with van der Waals surface area (Å²) in [6.07, 6.45) is 0.828. The lowest BCUT2D eigenvalue weighted by Crippen LogP contribution is -2.05. The van der Waals surface area contributed by atoms with Gasteiger partial charge >= 0.3 is 0 Å². The smallest absolute Gasteiger partial charge is 0.263 e. The molecular weight excluding hydrogens is 298 g/mol. The highest BCUT2D eigenvalue weighted by Crippen LogP contribution is 2.32. The van der Waals surface area contributed by atoms with E-state index in [1.54, 1.807) is 13.0 Å². The minimum atomic E-state index is -3.75. The fourth-order valence-electron chi connectivity index (χ4n) is 2.46. The van der Waals surface area contributed by atoms with Gasteiger partial charge in [0.1, 0.15) is 4.90 Å². The molecule has 0 bridgehead atoms. The van der Waals surface area contributed by atoms with Crippen LogP contribution in [0.15, 0.2) is 29.2 Å². The average Bonchev–Trinajstić information content (AvgIpc) is 2.67. The van der Waals surface area contributed by atoms with Crippen LogP contribution in [-0.2, 0) is 20.3 Å². The molecule has 2 aromatic rings. The molecule has 0 saturated heterocycles. The Balaban J connectivity index is 2.47. The maximum atomic E-state index is 11.8. The molecule has 0 saturated carbocycles. The van der Waals surface area contributed by atoms with Gasteiger partial charge in [0.2, 0.25) is 0 Å². The SMILES string of the molecule is CCOCCCn1c(C)c(S(=O)(=O)Cl)c2ccccc21. The Kier molecular flexibility index (Phi) is 4.73. The van der Waals surface area contributed by atoms with Gasteiger partial charge < -0.3 is 9.30 Å². The normalized spacial score (nSPS) is 12.2. The standard InChI is InChI=1S/C14H18ClNO3S/c1-3-19-10-6-9-16-11(2)14(20(15,17)18)12-7-4-5-8-13(12)16/h4-5,7-8H,3,6,9-10H2,1-2H3. The lowest BCUT2D eigenvalue weighted by atomic mass is 10.2. The number of halogens is 1. The van der Waals surface area contributed by atoms with E-state index in [-0.39, 0.29) is 4.90 Å². The van der Waals surface area contributed by atoms with Crippen LogP contribution in [0.5, 0.6) is 0 Å². The Bertz CT molecular complexity index is 707. The number of aromatic nitrogens is 1. The molecule has 0 spiro atoms. The van der Waals surface area contributed by atoms with E-state index in [1.807, 2.05) is 29.7 Å². The highest BCUT2D eigenvalue weighted by atomic mass is 35.7. The third-order valence-electron chi connectivity index (χ3n) is 3.29. The zero-order valence-electron chi connectivity index (χ0n) is 11.6. The van der Waals surface area contributed by atoms with Gasteiger partial charge in [-0.25, -0.2) is 8.42 Å². The summed E-state index contributed by atoms with van der Waals surface area (Å²) < 4.78 is 30.9. The minimum Gasteiger partial charge on any atom is -0.382 e. The van der Waals surface area contributed by atoms with Crippen molar-refractivity contribution in [1.29, 1.82) is 0 Å². The second kappa shape index (κ2) is 6.16. The molecule has 1 aromatic heterocycles. The average molecular weight is 316 g/mol. The predicted molar refractivity (Wildman–Crippen MR) is 80.8 cm³/mol. The molecule has 0 aliphatic carbocycles. The van der Waals surface area contributed by atoms with E-state index in [1.165, 1.54) is 0 Å².